The summed E-state index contributed by atoms with van der Waals surface area (Å²) in [6.45, 7) is 7.13. The Hall–Kier alpha value is -1.79. The van der Waals surface area contributed by atoms with Crippen molar-refractivity contribution in [3.8, 4) is 0 Å². The molecule has 0 radical (unpaired) electrons. The van der Waals surface area contributed by atoms with E-state index in [1.54, 1.807) is 14.0 Å². The topological polar surface area (TPSA) is 57.2 Å². The lowest BCUT2D eigenvalue weighted by atomic mass is 9.70. The summed E-state index contributed by atoms with van der Waals surface area (Å²) in [5.74, 6) is 1.46. The van der Waals surface area contributed by atoms with Gasteiger partial charge in [0.1, 0.15) is 5.76 Å². The molecule has 150 valence electrons. The number of ether oxygens (including phenoxy) is 4. The molecule has 0 amide bonds. The van der Waals surface area contributed by atoms with Gasteiger partial charge in [-0.2, -0.15) is 0 Å². The minimum Gasteiger partial charge on any atom is -0.492 e. The zero-order valence-corrected chi connectivity index (χ0v) is 16.9. The van der Waals surface area contributed by atoms with Gasteiger partial charge in [-0.1, -0.05) is 19.1 Å². The van der Waals surface area contributed by atoms with E-state index in [9.17, 15) is 4.79 Å². The van der Waals surface area contributed by atoms with Gasteiger partial charge < -0.3 is 18.9 Å². The van der Waals surface area contributed by atoms with Crippen molar-refractivity contribution in [2.75, 3.05) is 13.7 Å². The molecule has 5 fully saturated rings. The van der Waals surface area contributed by atoms with Crippen molar-refractivity contribution < 1.29 is 23.7 Å². The summed E-state index contributed by atoms with van der Waals surface area (Å²) in [5, 5.41) is 0. The van der Waals surface area contributed by atoms with Crippen LogP contribution in [0.4, 0.5) is 0 Å². The normalized spacial score (nSPS) is 52.8. The maximum absolute atomic E-state index is 12.2. The SMILES string of the molecule is C/C=C\C[C@@]12[C@@H]3C[C@H]4[C@H]5[C@H](C)/C(=C6\OC(=O)C(C)=C6OC)O[C@]5(O3)[C@@H]1CCN42. The molecule has 5 saturated heterocycles. The van der Waals surface area contributed by atoms with E-state index in [0.717, 1.165) is 31.6 Å². The third kappa shape index (κ3) is 1.60. The Morgan fingerprint density at radius 2 is 2.21 bits per heavy atom. The van der Waals surface area contributed by atoms with Crippen LogP contribution < -0.4 is 0 Å². The van der Waals surface area contributed by atoms with Crippen molar-refractivity contribution in [3.05, 3.63) is 35.0 Å². The first-order chi connectivity index (χ1) is 13.5. The second-order valence-corrected chi connectivity index (χ2v) is 9.09. The average molecular weight is 385 g/mol. The second-order valence-electron chi connectivity index (χ2n) is 9.09. The Kier molecular flexibility index (Phi) is 3.19. The van der Waals surface area contributed by atoms with Crippen LogP contribution in [-0.2, 0) is 23.7 Å². The minimum atomic E-state index is -0.592. The number of cyclic esters (lactones) is 1. The van der Waals surface area contributed by atoms with Gasteiger partial charge in [-0.05, 0) is 39.7 Å². The van der Waals surface area contributed by atoms with Gasteiger partial charge in [-0.15, -0.1) is 0 Å². The van der Waals surface area contributed by atoms with Gasteiger partial charge in [0.05, 0.1) is 30.2 Å². The Morgan fingerprint density at radius 1 is 1.39 bits per heavy atom. The van der Waals surface area contributed by atoms with Crippen molar-refractivity contribution >= 4 is 5.97 Å². The van der Waals surface area contributed by atoms with Crippen molar-refractivity contribution in [3.63, 3.8) is 0 Å². The highest BCUT2D eigenvalue weighted by Crippen LogP contribution is 2.73. The molecule has 5 bridgehead atoms. The molecule has 0 aliphatic carbocycles. The van der Waals surface area contributed by atoms with Crippen molar-refractivity contribution in [1.82, 2.24) is 4.90 Å². The third-order valence-corrected chi connectivity index (χ3v) is 8.28. The largest absolute Gasteiger partial charge is 0.492 e. The van der Waals surface area contributed by atoms with Crippen molar-refractivity contribution in [2.45, 2.75) is 63.5 Å². The molecule has 6 rings (SSSR count). The van der Waals surface area contributed by atoms with Crippen LogP contribution >= 0.6 is 0 Å². The Bertz CT molecular complexity index is 874. The Balaban J connectivity index is 1.48. The lowest BCUT2D eigenvalue weighted by Crippen LogP contribution is -2.61. The molecule has 0 aromatic heterocycles. The molecule has 0 N–H and O–H groups in total. The molecule has 0 saturated carbocycles. The molecular weight excluding hydrogens is 358 g/mol. The van der Waals surface area contributed by atoms with Gasteiger partial charge in [0, 0.05) is 17.9 Å². The number of rotatable bonds is 3. The van der Waals surface area contributed by atoms with E-state index >= 15 is 0 Å². The van der Waals surface area contributed by atoms with E-state index < -0.39 is 5.79 Å². The first-order valence-corrected chi connectivity index (χ1v) is 10.5. The molecule has 0 aromatic rings. The summed E-state index contributed by atoms with van der Waals surface area (Å²) >= 11 is 0. The summed E-state index contributed by atoms with van der Waals surface area (Å²) in [5.41, 5.74) is 0.563. The van der Waals surface area contributed by atoms with Crippen LogP contribution in [0, 0.1) is 17.8 Å². The lowest BCUT2D eigenvalue weighted by molar-refractivity contribution is -0.255. The fourth-order valence-electron chi connectivity index (χ4n) is 7.39. The average Bonchev–Trinajstić information content (AvgIpc) is 3.38. The Morgan fingerprint density at radius 3 is 2.96 bits per heavy atom. The van der Waals surface area contributed by atoms with Crippen LogP contribution in [0.3, 0.4) is 0 Å². The molecule has 6 heteroatoms. The molecule has 6 aliphatic heterocycles. The van der Waals surface area contributed by atoms with Gasteiger partial charge in [0.25, 0.3) is 0 Å². The lowest BCUT2D eigenvalue weighted by Gasteiger charge is -2.48. The van der Waals surface area contributed by atoms with Crippen LogP contribution in [0.25, 0.3) is 0 Å². The number of methoxy groups -OCH3 is 1. The van der Waals surface area contributed by atoms with E-state index in [0.29, 0.717) is 29.1 Å². The smallest absolute Gasteiger partial charge is 0.343 e. The van der Waals surface area contributed by atoms with Crippen LogP contribution in [0.15, 0.2) is 35.0 Å². The molecule has 1 unspecified atom stereocenters. The summed E-state index contributed by atoms with van der Waals surface area (Å²) in [6.07, 6.45) is 7.84. The summed E-state index contributed by atoms with van der Waals surface area (Å²) in [4.78, 5) is 14.9. The molecule has 8 atom stereocenters. The maximum atomic E-state index is 12.2. The van der Waals surface area contributed by atoms with Crippen LogP contribution in [0.1, 0.15) is 40.0 Å². The summed E-state index contributed by atoms with van der Waals surface area (Å²) in [6, 6.07) is 0.462. The predicted molar refractivity (Wildman–Crippen MR) is 99.6 cm³/mol. The number of hydrogen-bond donors (Lipinski definition) is 0. The second kappa shape index (κ2) is 5.22. The van der Waals surface area contributed by atoms with Crippen LogP contribution in [0.5, 0.6) is 0 Å². The highest BCUT2D eigenvalue weighted by Gasteiger charge is 2.84. The molecule has 6 nitrogen and oxygen atoms in total. The predicted octanol–water partition coefficient (Wildman–Crippen LogP) is 2.87. The number of allylic oxidation sites excluding steroid dienone is 2. The Labute approximate surface area is 165 Å². The molecular formula is C22H27NO5. The van der Waals surface area contributed by atoms with Crippen LogP contribution in [-0.4, -0.2) is 48.0 Å². The van der Waals surface area contributed by atoms with E-state index in [2.05, 4.69) is 30.9 Å². The monoisotopic (exact) mass is 385 g/mol. The van der Waals surface area contributed by atoms with E-state index in [-0.39, 0.29) is 29.4 Å². The molecule has 0 aromatic carbocycles. The quantitative estimate of drug-likeness (QED) is 0.550. The first-order valence-electron chi connectivity index (χ1n) is 10.5. The zero-order valence-electron chi connectivity index (χ0n) is 16.9. The molecule has 1 spiro atoms. The van der Waals surface area contributed by atoms with E-state index in [1.165, 1.54) is 0 Å². The summed E-state index contributed by atoms with van der Waals surface area (Å²) < 4.78 is 24.6. The van der Waals surface area contributed by atoms with Gasteiger partial charge in [-0.3, -0.25) is 4.90 Å². The number of fused-ring (bicyclic) bond motifs is 1. The number of esters is 1. The molecule has 6 aliphatic rings. The summed E-state index contributed by atoms with van der Waals surface area (Å²) in [7, 11) is 1.57. The van der Waals surface area contributed by atoms with Gasteiger partial charge in [-0.25, -0.2) is 4.79 Å². The number of carbonyl (C=O) groups is 1. The number of hydrogen-bond acceptors (Lipinski definition) is 6. The van der Waals surface area contributed by atoms with E-state index in [1.807, 2.05) is 0 Å². The number of piperidine rings is 1. The van der Waals surface area contributed by atoms with Crippen molar-refractivity contribution in [2.24, 2.45) is 17.8 Å². The fraction of sp³-hybridized carbons (Fsp3) is 0.682. The highest BCUT2D eigenvalue weighted by atomic mass is 16.7. The van der Waals surface area contributed by atoms with Crippen LogP contribution in [0.2, 0.25) is 0 Å². The molecule has 28 heavy (non-hydrogen) atoms. The maximum Gasteiger partial charge on any atom is 0.343 e. The van der Waals surface area contributed by atoms with Gasteiger partial charge >= 0.3 is 5.97 Å². The first kappa shape index (κ1) is 17.1. The zero-order chi connectivity index (χ0) is 19.4. The standard InChI is InChI=1S/C22H27NO5/c1-5-6-8-21-14-7-9-23(21)13-10-15(21)27-22(14)16(13)11(2)18(28-22)19-17(25-4)12(3)20(24)26-19/h5-6,11,13-16H,7-10H2,1-4H3/b6-5-,19-18+/t11-,13-,14+,15-,16+,21-,22+/m0/s1. The van der Waals surface area contributed by atoms with E-state index in [4.69, 9.17) is 18.9 Å². The van der Waals surface area contributed by atoms with Crippen molar-refractivity contribution in [1.29, 1.82) is 0 Å². The highest BCUT2D eigenvalue weighted by molar-refractivity contribution is 5.93. The third-order valence-electron chi connectivity index (χ3n) is 8.28. The molecule has 6 heterocycles. The number of nitrogens with zero attached hydrogens (tertiary/aromatic N) is 1. The minimum absolute atomic E-state index is 0.0652. The number of carbonyl (C=O) groups excluding carboxylic acids is 1. The van der Waals surface area contributed by atoms with Gasteiger partial charge in [0.15, 0.2) is 5.76 Å². The fourth-order valence-corrected chi connectivity index (χ4v) is 7.39. The van der Waals surface area contributed by atoms with Gasteiger partial charge in [0.2, 0.25) is 11.5 Å².